The van der Waals surface area contributed by atoms with Crippen molar-refractivity contribution in [3.63, 3.8) is 0 Å². The first-order valence-corrected chi connectivity index (χ1v) is 13.2. The van der Waals surface area contributed by atoms with Crippen LogP contribution in [0.25, 0.3) is 17.0 Å². The van der Waals surface area contributed by atoms with Crippen LogP contribution in [0.5, 0.6) is 0 Å². The molecule has 1 fully saturated rings. The molecule has 1 aliphatic heterocycles. The minimum absolute atomic E-state index is 0.0235. The third-order valence-corrected chi connectivity index (χ3v) is 7.47. The quantitative estimate of drug-likeness (QED) is 0.378. The fraction of sp³-hybridized carbons (Fsp3) is 0.241. The van der Waals surface area contributed by atoms with Crippen LogP contribution in [0.1, 0.15) is 20.8 Å². The molecular weight excluding hydrogens is 468 g/mol. The number of hydrogen-bond donors (Lipinski definition) is 2. The largest absolute Gasteiger partial charge is 0.361 e. The summed E-state index contributed by atoms with van der Waals surface area (Å²) in [6.45, 7) is 3.77. The van der Waals surface area contributed by atoms with Crippen LogP contribution < -0.4 is 5.32 Å². The number of para-hydroxylation sites is 1. The van der Waals surface area contributed by atoms with Crippen LogP contribution in [0.15, 0.2) is 84.4 Å². The zero-order valence-corrected chi connectivity index (χ0v) is 20.9. The Morgan fingerprint density at radius 1 is 0.972 bits per heavy atom. The molecule has 5 rings (SSSR count). The summed E-state index contributed by atoms with van der Waals surface area (Å²) in [4.78, 5) is 34.7. The molecule has 7 heteroatoms. The maximum atomic E-state index is 13.6. The lowest BCUT2D eigenvalue weighted by atomic mass is 10.0. The molecule has 184 valence electrons. The van der Waals surface area contributed by atoms with Crippen molar-refractivity contribution in [3.8, 4) is 0 Å². The first kappa shape index (κ1) is 24.0. The minimum atomic E-state index is -0.622. The Morgan fingerprint density at radius 3 is 2.53 bits per heavy atom. The second-order valence-electron chi connectivity index (χ2n) is 9.01. The Balaban J connectivity index is 1.24. The lowest BCUT2D eigenvalue weighted by Crippen LogP contribution is -2.55. The first-order valence-electron chi connectivity index (χ1n) is 12.3. The van der Waals surface area contributed by atoms with Gasteiger partial charge in [0.05, 0.1) is 4.88 Å². The van der Waals surface area contributed by atoms with E-state index in [2.05, 4.69) is 39.5 Å². The Labute approximate surface area is 215 Å². The number of amides is 2. The van der Waals surface area contributed by atoms with Crippen LogP contribution >= 0.6 is 11.3 Å². The van der Waals surface area contributed by atoms with Gasteiger partial charge in [0.25, 0.3) is 5.91 Å². The summed E-state index contributed by atoms with van der Waals surface area (Å²) in [5, 5.41) is 5.98. The number of benzene rings is 2. The van der Waals surface area contributed by atoms with E-state index < -0.39 is 6.04 Å². The van der Waals surface area contributed by atoms with Gasteiger partial charge in [0, 0.05) is 56.2 Å². The zero-order valence-electron chi connectivity index (χ0n) is 20.1. The number of nitrogens with zero attached hydrogens (tertiary/aromatic N) is 2. The predicted octanol–water partition coefficient (Wildman–Crippen LogP) is 4.43. The van der Waals surface area contributed by atoms with Crippen LogP contribution in [0, 0.1) is 0 Å². The summed E-state index contributed by atoms with van der Waals surface area (Å²) >= 11 is 1.38. The monoisotopic (exact) mass is 498 g/mol. The van der Waals surface area contributed by atoms with Gasteiger partial charge in [-0.1, -0.05) is 66.7 Å². The van der Waals surface area contributed by atoms with Gasteiger partial charge in [0.2, 0.25) is 5.91 Å². The minimum Gasteiger partial charge on any atom is -0.361 e. The lowest BCUT2D eigenvalue weighted by molar-refractivity contribution is -0.134. The summed E-state index contributed by atoms with van der Waals surface area (Å²) in [5.41, 5.74) is 3.24. The molecule has 36 heavy (non-hydrogen) atoms. The second-order valence-corrected chi connectivity index (χ2v) is 9.95. The average molecular weight is 499 g/mol. The van der Waals surface area contributed by atoms with Gasteiger partial charge in [0.15, 0.2) is 0 Å². The van der Waals surface area contributed by atoms with Crippen molar-refractivity contribution < 1.29 is 9.59 Å². The zero-order chi connectivity index (χ0) is 24.7. The summed E-state index contributed by atoms with van der Waals surface area (Å²) in [5.74, 6) is -0.224. The molecule has 0 radical (unpaired) electrons. The number of nitrogens with one attached hydrogen (secondary N) is 2. The van der Waals surface area contributed by atoms with E-state index in [-0.39, 0.29) is 11.8 Å². The fourth-order valence-electron chi connectivity index (χ4n) is 4.63. The van der Waals surface area contributed by atoms with Crippen LogP contribution in [-0.2, 0) is 11.2 Å². The van der Waals surface area contributed by atoms with Crippen LogP contribution in [0.3, 0.4) is 0 Å². The maximum Gasteiger partial charge on any atom is 0.262 e. The summed E-state index contributed by atoms with van der Waals surface area (Å²) < 4.78 is 0. The molecular formula is C29H30N4O2S. The predicted molar refractivity (Wildman–Crippen MR) is 146 cm³/mol. The highest BCUT2D eigenvalue weighted by Gasteiger charge is 2.29. The van der Waals surface area contributed by atoms with Crippen molar-refractivity contribution in [1.82, 2.24) is 20.1 Å². The molecule has 3 heterocycles. The van der Waals surface area contributed by atoms with Gasteiger partial charge in [-0.15, -0.1) is 11.3 Å². The molecule has 2 aromatic carbocycles. The van der Waals surface area contributed by atoms with Gasteiger partial charge in [-0.3, -0.25) is 14.5 Å². The van der Waals surface area contributed by atoms with Gasteiger partial charge >= 0.3 is 0 Å². The second kappa shape index (κ2) is 11.4. The average Bonchev–Trinajstić information content (AvgIpc) is 3.60. The number of piperazine rings is 1. The van der Waals surface area contributed by atoms with E-state index in [0.29, 0.717) is 24.4 Å². The van der Waals surface area contributed by atoms with Crippen molar-refractivity contribution >= 4 is 40.1 Å². The van der Waals surface area contributed by atoms with Crippen molar-refractivity contribution in [2.24, 2.45) is 0 Å². The molecule has 0 saturated carbocycles. The highest BCUT2D eigenvalue weighted by Crippen LogP contribution is 2.20. The number of hydrogen-bond acceptors (Lipinski definition) is 4. The number of carbonyl (C=O) groups excluding carboxylic acids is 2. The van der Waals surface area contributed by atoms with Gasteiger partial charge in [-0.2, -0.15) is 0 Å². The normalized spacial score (nSPS) is 15.4. The standard InChI is InChI=1S/C29H30N4O2S/c34-28(27-13-7-19-36-27)31-26(20-23-21-30-25-12-5-4-11-24(23)25)29(35)33-17-15-32(16-18-33)14-6-10-22-8-2-1-3-9-22/h1-13,19,21,26,30H,14-18,20H2,(H,31,34)/b10-6+/t26-/m0/s1. The smallest absolute Gasteiger partial charge is 0.262 e. The molecule has 0 bridgehead atoms. The number of H-pyrrole nitrogens is 1. The third-order valence-electron chi connectivity index (χ3n) is 6.60. The van der Waals surface area contributed by atoms with Crippen molar-refractivity contribution in [2.45, 2.75) is 12.5 Å². The lowest BCUT2D eigenvalue weighted by Gasteiger charge is -2.36. The molecule has 2 N–H and O–H groups in total. The molecule has 1 atom stereocenters. The summed E-state index contributed by atoms with van der Waals surface area (Å²) in [6, 6.07) is 21.3. The number of aromatic nitrogens is 1. The maximum absolute atomic E-state index is 13.6. The Hall–Kier alpha value is -3.68. The van der Waals surface area contributed by atoms with E-state index in [1.54, 1.807) is 6.07 Å². The summed E-state index contributed by atoms with van der Waals surface area (Å²) in [6.07, 6.45) is 6.70. The number of aromatic amines is 1. The molecule has 0 aliphatic carbocycles. The van der Waals surface area contributed by atoms with E-state index in [9.17, 15) is 9.59 Å². The SMILES string of the molecule is O=C(N[C@@H](Cc1c[nH]c2ccccc12)C(=O)N1CCN(C/C=C/c2ccccc2)CC1)c1cccs1. The highest BCUT2D eigenvalue weighted by atomic mass is 32.1. The van der Waals surface area contributed by atoms with Crippen LogP contribution in [0.2, 0.25) is 0 Å². The number of rotatable bonds is 8. The van der Waals surface area contributed by atoms with Crippen LogP contribution in [0.4, 0.5) is 0 Å². The van der Waals surface area contributed by atoms with E-state index in [1.165, 1.54) is 16.9 Å². The van der Waals surface area contributed by atoms with Crippen LogP contribution in [-0.4, -0.2) is 65.4 Å². The number of fused-ring (bicyclic) bond motifs is 1. The number of carbonyl (C=O) groups is 2. The Morgan fingerprint density at radius 2 is 1.75 bits per heavy atom. The van der Waals surface area contributed by atoms with E-state index in [0.717, 1.165) is 36.1 Å². The topological polar surface area (TPSA) is 68.4 Å². The molecule has 6 nitrogen and oxygen atoms in total. The van der Waals surface area contributed by atoms with Gasteiger partial charge in [-0.25, -0.2) is 0 Å². The first-order chi connectivity index (χ1) is 17.7. The third kappa shape index (κ3) is 5.75. The molecule has 1 aliphatic rings. The highest BCUT2D eigenvalue weighted by molar-refractivity contribution is 7.12. The molecule has 1 saturated heterocycles. The van der Waals surface area contributed by atoms with Crippen molar-refractivity contribution in [2.75, 3.05) is 32.7 Å². The molecule has 0 spiro atoms. The molecule has 2 amide bonds. The Kier molecular flexibility index (Phi) is 7.59. The van der Waals surface area contributed by atoms with E-state index in [4.69, 9.17) is 0 Å². The molecule has 4 aromatic rings. The van der Waals surface area contributed by atoms with Crippen molar-refractivity contribution in [3.05, 3.63) is 100 Å². The molecule has 2 aromatic heterocycles. The molecule has 0 unspecified atom stereocenters. The van der Waals surface area contributed by atoms with Gasteiger partial charge in [-0.05, 0) is 28.6 Å². The van der Waals surface area contributed by atoms with Gasteiger partial charge < -0.3 is 15.2 Å². The van der Waals surface area contributed by atoms with Gasteiger partial charge in [0.1, 0.15) is 6.04 Å². The van der Waals surface area contributed by atoms with E-state index >= 15 is 0 Å². The van der Waals surface area contributed by atoms with E-state index in [1.807, 2.05) is 65.0 Å². The Bertz CT molecular complexity index is 1320. The summed E-state index contributed by atoms with van der Waals surface area (Å²) in [7, 11) is 0. The fourth-order valence-corrected chi connectivity index (χ4v) is 5.26. The van der Waals surface area contributed by atoms with Crippen molar-refractivity contribution in [1.29, 1.82) is 0 Å². The number of thiophene rings is 1.